The lowest BCUT2D eigenvalue weighted by Gasteiger charge is -2.07. The van der Waals surface area contributed by atoms with Gasteiger partial charge in [0, 0.05) is 12.2 Å². The number of hydrogen-bond donors (Lipinski definition) is 3. The molecule has 0 radical (unpaired) electrons. The Morgan fingerprint density at radius 1 is 0.733 bits per heavy atom. The van der Waals surface area contributed by atoms with Crippen molar-refractivity contribution in [3.63, 3.8) is 0 Å². The van der Waals surface area contributed by atoms with E-state index >= 15 is 0 Å². The maximum absolute atomic E-state index is 11.3. The molecule has 0 fully saturated rings. The van der Waals surface area contributed by atoms with E-state index in [2.05, 4.69) is 6.92 Å². The van der Waals surface area contributed by atoms with Crippen molar-refractivity contribution in [2.75, 3.05) is 0 Å². The Hall–Kier alpha value is -0.950. The second-order valence-corrected chi connectivity index (χ2v) is 9.59. The molecular formula is C24H46O5S. The zero-order valence-electron chi connectivity index (χ0n) is 19.8. The molecule has 0 unspecified atom stereocenters. The van der Waals surface area contributed by atoms with E-state index in [1.807, 2.05) is 6.07 Å². The van der Waals surface area contributed by atoms with Gasteiger partial charge in [0.25, 0.3) is 10.1 Å². The summed E-state index contributed by atoms with van der Waals surface area (Å²) in [4.78, 5) is 0.0610. The van der Waals surface area contributed by atoms with Gasteiger partial charge in [0.05, 0.1) is 4.90 Å². The highest BCUT2D eigenvalue weighted by molar-refractivity contribution is 7.85. The van der Waals surface area contributed by atoms with E-state index in [-0.39, 0.29) is 17.1 Å². The number of benzene rings is 1. The van der Waals surface area contributed by atoms with Gasteiger partial charge in [-0.05, 0) is 52.2 Å². The third kappa shape index (κ3) is 23.3. The molecule has 0 saturated carbocycles. The van der Waals surface area contributed by atoms with E-state index in [0.717, 1.165) is 18.4 Å². The topological polar surface area (TPSA) is 94.8 Å². The number of rotatable bonds is 12. The number of unbranched alkanes of at least 4 members (excludes halogenated alkanes) is 9. The maximum atomic E-state index is 11.3. The highest BCUT2D eigenvalue weighted by Crippen LogP contribution is 2.18. The summed E-state index contributed by atoms with van der Waals surface area (Å²) in [7, 11) is -4.10. The Labute approximate surface area is 185 Å². The summed E-state index contributed by atoms with van der Waals surface area (Å²) < 4.78 is 31.8. The van der Waals surface area contributed by atoms with E-state index in [1.165, 1.54) is 57.4 Å². The molecule has 0 aromatic heterocycles. The van der Waals surface area contributed by atoms with Crippen LogP contribution in [0.25, 0.3) is 0 Å². The molecule has 178 valence electrons. The predicted molar refractivity (Wildman–Crippen MR) is 127 cm³/mol. The second-order valence-electron chi connectivity index (χ2n) is 8.20. The molecule has 0 aliphatic heterocycles. The molecular weight excluding hydrogens is 400 g/mol. The van der Waals surface area contributed by atoms with Gasteiger partial charge in [-0.3, -0.25) is 4.55 Å². The van der Waals surface area contributed by atoms with Gasteiger partial charge >= 0.3 is 0 Å². The molecule has 0 saturated heterocycles. The van der Waals surface area contributed by atoms with Crippen molar-refractivity contribution in [3.05, 3.63) is 29.8 Å². The van der Waals surface area contributed by atoms with Gasteiger partial charge in [-0.1, -0.05) is 82.9 Å². The Bertz CT molecular complexity index is 586. The SMILES string of the molecule is CC(C)O.CC(C)O.CCCCCCCCCCCCc1ccccc1S(=O)(=O)O. The van der Waals surface area contributed by atoms with Crippen molar-refractivity contribution in [2.45, 2.75) is 122 Å². The summed E-state index contributed by atoms with van der Waals surface area (Å²) in [5, 5.41) is 16.1. The summed E-state index contributed by atoms with van der Waals surface area (Å²) >= 11 is 0. The van der Waals surface area contributed by atoms with E-state index in [4.69, 9.17) is 10.2 Å². The fourth-order valence-corrected chi connectivity index (χ4v) is 3.52. The number of aryl methyl sites for hydroxylation is 1. The lowest BCUT2D eigenvalue weighted by atomic mass is 10.0. The number of aliphatic hydroxyl groups is 2. The molecule has 5 nitrogen and oxygen atoms in total. The van der Waals surface area contributed by atoms with Crippen LogP contribution >= 0.6 is 0 Å². The highest BCUT2D eigenvalue weighted by atomic mass is 32.2. The van der Waals surface area contributed by atoms with Crippen molar-refractivity contribution in [3.8, 4) is 0 Å². The molecule has 0 aliphatic rings. The van der Waals surface area contributed by atoms with Gasteiger partial charge in [-0.25, -0.2) is 0 Å². The van der Waals surface area contributed by atoms with Crippen LogP contribution in [-0.2, 0) is 16.5 Å². The lowest BCUT2D eigenvalue weighted by molar-refractivity contribution is 0.215. The first-order valence-corrected chi connectivity index (χ1v) is 12.9. The van der Waals surface area contributed by atoms with Crippen molar-refractivity contribution < 1.29 is 23.2 Å². The van der Waals surface area contributed by atoms with Crippen LogP contribution in [0.2, 0.25) is 0 Å². The zero-order valence-corrected chi connectivity index (χ0v) is 20.6. The van der Waals surface area contributed by atoms with Crippen LogP contribution in [0.1, 0.15) is 104 Å². The Morgan fingerprint density at radius 3 is 1.50 bits per heavy atom. The predicted octanol–water partition coefficient (Wildman–Crippen LogP) is 6.17. The minimum absolute atomic E-state index is 0.0610. The standard InChI is InChI=1S/C18H30O3S.2C3H8O/c1-2-3-4-5-6-7-8-9-10-11-14-17-15-12-13-16-18(17)22(19,20)21;2*1-3(2)4/h12-13,15-16H,2-11,14H2,1H3,(H,19,20,21);2*3-4H,1-2H3. The molecule has 0 aliphatic carbocycles. The number of aliphatic hydroxyl groups excluding tert-OH is 2. The van der Waals surface area contributed by atoms with E-state index in [0.29, 0.717) is 6.42 Å². The van der Waals surface area contributed by atoms with Gasteiger partial charge < -0.3 is 10.2 Å². The van der Waals surface area contributed by atoms with Gasteiger partial charge in [0.15, 0.2) is 0 Å². The molecule has 3 N–H and O–H groups in total. The van der Waals surface area contributed by atoms with Gasteiger partial charge in [0.2, 0.25) is 0 Å². The van der Waals surface area contributed by atoms with Crippen molar-refractivity contribution >= 4 is 10.1 Å². The first-order chi connectivity index (χ1) is 14.0. The summed E-state index contributed by atoms with van der Waals surface area (Å²) in [5.41, 5.74) is 0.726. The van der Waals surface area contributed by atoms with Crippen molar-refractivity contribution in [2.24, 2.45) is 0 Å². The summed E-state index contributed by atoms with van der Waals surface area (Å²) in [5.74, 6) is 0. The van der Waals surface area contributed by atoms with Gasteiger partial charge in [0.1, 0.15) is 0 Å². The molecule has 0 spiro atoms. The van der Waals surface area contributed by atoms with Crippen LogP contribution in [-0.4, -0.2) is 35.4 Å². The van der Waals surface area contributed by atoms with Crippen LogP contribution in [0.5, 0.6) is 0 Å². The fourth-order valence-electron chi connectivity index (χ4n) is 2.76. The minimum atomic E-state index is -4.10. The average Bonchev–Trinajstić information content (AvgIpc) is 2.62. The Morgan fingerprint density at radius 2 is 1.10 bits per heavy atom. The third-order valence-electron chi connectivity index (χ3n) is 4.05. The molecule has 1 aromatic rings. The molecule has 0 atom stereocenters. The summed E-state index contributed by atoms with van der Waals surface area (Å²) in [6.07, 6.45) is 13.0. The van der Waals surface area contributed by atoms with Gasteiger partial charge in [-0.2, -0.15) is 8.42 Å². The monoisotopic (exact) mass is 446 g/mol. The molecule has 30 heavy (non-hydrogen) atoms. The minimum Gasteiger partial charge on any atom is -0.394 e. The largest absolute Gasteiger partial charge is 0.394 e. The van der Waals surface area contributed by atoms with E-state index in [9.17, 15) is 13.0 Å². The maximum Gasteiger partial charge on any atom is 0.294 e. The van der Waals surface area contributed by atoms with Crippen molar-refractivity contribution in [1.82, 2.24) is 0 Å². The highest BCUT2D eigenvalue weighted by Gasteiger charge is 2.13. The lowest BCUT2D eigenvalue weighted by Crippen LogP contribution is -2.03. The quantitative estimate of drug-likeness (QED) is 0.263. The zero-order chi connectivity index (χ0) is 23.4. The summed E-state index contributed by atoms with van der Waals surface area (Å²) in [6.45, 7) is 9.13. The van der Waals surface area contributed by atoms with Crippen LogP contribution in [0.4, 0.5) is 0 Å². The van der Waals surface area contributed by atoms with Crippen LogP contribution in [0.3, 0.4) is 0 Å². The molecule has 1 rings (SSSR count). The second kappa shape index (κ2) is 20.0. The van der Waals surface area contributed by atoms with Gasteiger partial charge in [-0.15, -0.1) is 0 Å². The molecule has 0 heterocycles. The van der Waals surface area contributed by atoms with E-state index in [1.54, 1.807) is 39.8 Å². The van der Waals surface area contributed by atoms with Crippen LogP contribution in [0.15, 0.2) is 29.2 Å². The molecule has 6 heteroatoms. The Kier molecular flexibility index (Phi) is 20.8. The third-order valence-corrected chi connectivity index (χ3v) is 5.00. The number of hydrogen-bond acceptors (Lipinski definition) is 4. The fraction of sp³-hybridized carbons (Fsp3) is 0.750. The molecule has 0 amide bonds. The average molecular weight is 447 g/mol. The van der Waals surface area contributed by atoms with Crippen molar-refractivity contribution in [1.29, 1.82) is 0 Å². The Balaban J connectivity index is 0. The van der Waals surface area contributed by atoms with Crippen LogP contribution < -0.4 is 0 Å². The van der Waals surface area contributed by atoms with Crippen LogP contribution in [0, 0.1) is 0 Å². The first kappa shape index (κ1) is 31.2. The molecule has 0 bridgehead atoms. The molecule has 1 aromatic carbocycles. The smallest absolute Gasteiger partial charge is 0.294 e. The summed E-state index contributed by atoms with van der Waals surface area (Å²) in [6, 6.07) is 6.73. The first-order valence-electron chi connectivity index (χ1n) is 11.4. The van der Waals surface area contributed by atoms with E-state index < -0.39 is 10.1 Å². The normalized spacial score (nSPS) is 11.0.